The van der Waals surface area contributed by atoms with Gasteiger partial charge in [-0.05, 0) is 21.5 Å². The molecule has 0 aliphatic carbocycles. The number of hydrogen-bond donors (Lipinski definition) is 1. The molecule has 2 rings (SSSR count). The van der Waals surface area contributed by atoms with Gasteiger partial charge in [0.25, 0.3) is 0 Å². The zero-order valence-electron chi connectivity index (χ0n) is 8.26. The Morgan fingerprint density at radius 1 is 1.33 bits per heavy atom. The van der Waals surface area contributed by atoms with Crippen molar-refractivity contribution in [3.8, 4) is 0 Å². The summed E-state index contributed by atoms with van der Waals surface area (Å²) in [5, 5.41) is 7.81. The van der Waals surface area contributed by atoms with E-state index in [1.54, 1.807) is 4.68 Å². The smallest absolute Gasteiger partial charge is 0.153 e. The Bertz CT molecular complexity index is 432. The maximum absolute atomic E-state index is 6.13. The molecule has 0 amide bonds. The van der Waals surface area contributed by atoms with Crippen molar-refractivity contribution in [1.82, 2.24) is 15.0 Å². The van der Waals surface area contributed by atoms with Crippen LogP contribution in [0.3, 0.4) is 0 Å². The van der Waals surface area contributed by atoms with Crippen molar-refractivity contribution in [2.75, 3.05) is 0 Å². The fraction of sp³-hybridized carbons (Fsp3) is 0.200. The molecule has 0 aliphatic rings. The summed E-state index contributed by atoms with van der Waals surface area (Å²) < 4.78 is 2.38. The van der Waals surface area contributed by atoms with Crippen LogP contribution in [0.4, 0.5) is 0 Å². The molecule has 15 heavy (non-hydrogen) atoms. The first-order chi connectivity index (χ1) is 7.20. The summed E-state index contributed by atoms with van der Waals surface area (Å²) >= 11 is 3.34. The molecule has 1 unspecified atom stereocenters. The molecular weight excluding hydrogens is 256 g/mol. The molecule has 0 aliphatic heterocycles. The van der Waals surface area contributed by atoms with Gasteiger partial charge in [-0.1, -0.05) is 35.5 Å². The number of nitrogens with two attached hydrogens (primary N) is 1. The van der Waals surface area contributed by atoms with E-state index in [4.69, 9.17) is 5.73 Å². The van der Waals surface area contributed by atoms with E-state index in [0.717, 1.165) is 11.3 Å². The van der Waals surface area contributed by atoms with Crippen LogP contribution >= 0.6 is 15.9 Å². The zero-order chi connectivity index (χ0) is 10.8. The van der Waals surface area contributed by atoms with E-state index in [9.17, 15) is 0 Å². The average Bonchev–Trinajstić information content (AvgIpc) is 2.59. The van der Waals surface area contributed by atoms with Gasteiger partial charge >= 0.3 is 0 Å². The monoisotopic (exact) mass is 266 g/mol. The first-order valence-electron chi connectivity index (χ1n) is 4.55. The molecule has 78 valence electrons. The van der Waals surface area contributed by atoms with Gasteiger partial charge in [-0.25, -0.2) is 4.68 Å². The Hall–Kier alpha value is -1.20. The quantitative estimate of drug-likeness (QED) is 0.899. The van der Waals surface area contributed by atoms with Crippen LogP contribution in [-0.4, -0.2) is 15.0 Å². The lowest BCUT2D eigenvalue weighted by Gasteiger charge is -2.11. The first-order valence-corrected chi connectivity index (χ1v) is 5.35. The number of aromatic nitrogens is 3. The number of aryl methyl sites for hydroxylation is 1. The highest BCUT2D eigenvalue weighted by atomic mass is 79.9. The van der Waals surface area contributed by atoms with Gasteiger partial charge in [-0.15, -0.1) is 5.10 Å². The Kier molecular flexibility index (Phi) is 2.83. The van der Waals surface area contributed by atoms with Gasteiger partial charge in [0.1, 0.15) is 0 Å². The van der Waals surface area contributed by atoms with E-state index in [-0.39, 0.29) is 6.04 Å². The largest absolute Gasteiger partial charge is 0.319 e. The first kappa shape index (κ1) is 10.3. The summed E-state index contributed by atoms with van der Waals surface area (Å²) in [6.07, 6.45) is 0. The molecule has 0 saturated carbocycles. The number of nitrogens with zero attached hydrogens (tertiary/aromatic N) is 3. The van der Waals surface area contributed by atoms with E-state index in [1.807, 2.05) is 37.4 Å². The average molecular weight is 267 g/mol. The molecule has 1 aromatic heterocycles. The highest BCUT2D eigenvalue weighted by molar-refractivity contribution is 9.10. The van der Waals surface area contributed by atoms with Gasteiger partial charge < -0.3 is 5.73 Å². The van der Waals surface area contributed by atoms with Gasteiger partial charge in [-0.3, -0.25) is 0 Å². The fourth-order valence-electron chi connectivity index (χ4n) is 1.49. The lowest BCUT2D eigenvalue weighted by Crippen LogP contribution is -2.16. The van der Waals surface area contributed by atoms with Crippen LogP contribution in [0, 0.1) is 0 Å². The summed E-state index contributed by atoms with van der Waals surface area (Å²) in [5.74, 6) is 0. The van der Waals surface area contributed by atoms with Crippen LogP contribution in [0.25, 0.3) is 0 Å². The fourth-order valence-corrected chi connectivity index (χ4v) is 2.06. The molecule has 1 aromatic carbocycles. The second-order valence-electron chi connectivity index (χ2n) is 3.28. The van der Waals surface area contributed by atoms with E-state index in [1.165, 1.54) is 0 Å². The van der Waals surface area contributed by atoms with Gasteiger partial charge in [-0.2, -0.15) is 0 Å². The molecule has 2 N–H and O–H groups in total. The minimum Gasteiger partial charge on any atom is -0.319 e. The van der Waals surface area contributed by atoms with Crippen molar-refractivity contribution < 1.29 is 0 Å². The number of hydrogen-bond acceptors (Lipinski definition) is 3. The van der Waals surface area contributed by atoms with Gasteiger partial charge in [0.05, 0.1) is 11.7 Å². The Morgan fingerprint density at radius 3 is 2.53 bits per heavy atom. The number of benzene rings is 1. The van der Waals surface area contributed by atoms with E-state index in [0.29, 0.717) is 4.60 Å². The number of rotatable bonds is 2. The maximum Gasteiger partial charge on any atom is 0.153 e. The minimum atomic E-state index is -0.208. The standard InChI is InChI=1S/C10H11BrN4/c1-15-9(10(11)13-14-15)8(12)7-5-3-2-4-6-7/h2-6,8H,12H2,1H3. The number of halogens is 1. The van der Waals surface area contributed by atoms with Crippen LogP contribution in [0.2, 0.25) is 0 Å². The summed E-state index contributed by atoms with van der Waals surface area (Å²) in [6, 6.07) is 9.67. The topological polar surface area (TPSA) is 56.7 Å². The van der Waals surface area contributed by atoms with Crippen LogP contribution < -0.4 is 5.73 Å². The van der Waals surface area contributed by atoms with Crippen molar-refractivity contribution in [2.45, 2.75) is 6.04 Å². The zero-order valence-corrected chi connectivity index (χ0v) is 9.85. The second kappa shape index (κ2) is 4.12. The molecule has 4 nitrogen and oxygen atoms in total. The van der Waals surface area contributed by atoms with Crippen molar-refractivity contribution in [3.63, 3.8) is 0 Å². The molecule has 0 radical (unpaired) electrons. The summed E-state index contributed by atoms with van der Waals surface area (Å²) in [5.41, 5.74) is 8.05. The predicted octanol–water partition coefficient (Wildman–Crippen LogP) is 1.63. The Morgan fingerprint density at radius 2 is 2.00 bits per heavy atom. The summed E-state index contributed by atoms with van der Waals surface area (Å²) in [4.78, 5) is 0. The molecule has 5 heteroatoms. The maximum atomic E-state index is 6.13. The van der Waals surface area contributed by atoms with Crippen LogP contribution in [0.5, 0.6) is 0 Å². The van der Waals surface area contributed by atoms with Gasteiger partial charge in [0.2, 0.25) is 0 Å². The van der Waals surface area contributed by atoms with Crippen molar-refractivity contribution in [2.24, 2.45) is 12.8 Å². The molecule has 0 saturated heterocycles. The third-order valence-electron chi connectivity index (χ3n) is 2.28. The third kappa shape index (κ3) is 1.93. The molecular formula is C10H11BrN4. The third-order valence-corrected chi connectivity index (χ3v) is 2.84. The molecule has 1 atom stereocenters. The van der Waals surface area contributed by atoms with Gasteiger partial charge in [0, 0.05) is 7.05 Å². The normalized spacial score (nSPS) is 12.7. The SMILES string of the molecule is Cn1nnc(Br)c1C(N)c1ccccc1. The van der Waals surface area contributed by atoms with Crippen molar-refractivity contribution in [3.05, 3.63) is 46.2 Å². The van der Waals surface area contributed by atoms with Crippen LogP contribution in [0.15, 0.2) is 34.9 Å². The molecule has 0 bridgehead atoms. The predicted molar refractivity (Wildman–Crippen MR) is 61.2 cm³/mol. The van der Waals surface area contributed by atoms with Crippen molar-refractivity contribution in [1.29, 1.82) is 0 Å². The van der Waals surface area contributed by atoms with E-state index in [2.05, 4.69) is 26.2 Å². The highest BCUT2D eigenvalue weighted by Crippen LogP contribution is 2.23. The lowest BCUT2D eigenvalue weighted by atomic mass is 10.1. The van der Waals surface area contributed by atoms with Crippen LogP contribution in [-0.2, 0) is 7.05 Å². The molecule has 0 fully saturated rings. The Balaban J connectivity index is 2.41. The van der Waals surface area contributed by atoms with Crippen LogP contribution in [0.1, 0.15) is 17.3 Å². The van der Waals surface area contributed by atoms with E-state index < -0.39 is 0 Å². The second-order valence-corrected chi connectivity index (χ2v) is 4.03. The van der Waals surface area contributed by atoms with E-state index >= 15 is 0 Å². The highest BCUT2D eigenvalue weighted by Gasteiger charge is 2.17. The summed E-state index contributed by atoms with van der Waals surface area (Å²) in [7, 11) is 1.83. The molecule has 1 heterocycles. The lowest BCUT2D eigenvalue weighted by molar-refractivity contribution is 0.651. The molecule has 0 spiro atoms. The Labute approximate surface area is 96.2 Å². The van der Waals surface area contributed by atoms with Gasteiger partial charge in [0.15, 0.2) is 4.60 Å². The van der Waals surface area contributed by atoms with Crippen molar-refractivity contribution >= 4 is 15.9 Å². The molecule has 2 aromatic rings. The minimum absolute atomic E-state index is 0.208. The summed E-state index contributed by atoms with van der Waals surface area (Å²) in [6.45, 7) is 0.